The van der Waals surface area contributed by atoms with Gasteiger partial charge in [-0.05, 0) is 52.6 Å². The van der Waals surface area contributed by atoms with Crippen molar-refractivity contribution in [3.63, 3.8) is 0 Å². The van der Waals surface area contributed by atoms with Gasteiger partial charge in [0.15, 0.2) is 11.6 Å². The van der Waals surface area contributed by atoms with Crippen LogP contribution in [0.25, 0.3) is 94.7 Å². The van der Waals surface area contributed by atoms with Crippen molar-refractivity contribution in [1.29, 1.82) is 0 Å². The molecule has 0 atom stereocenters. The maximum atomic E-state index is 6.68. The molecule has 0 aliphatic heterocycles. The molecule has 234 valence electrons. The SMILES string of the molecule is c1ccc(-c2ccc(-c3nc(-c4ccccc4)nc(-n4c5ccccc5c5c6oc7ccc(-c8ccccc8)cc7c6ccc54)n3)cc2)cc1. The Morgan fingerprint density at radius 3 is 1.62 bits per heavy atom. The quantitative estimate of drug-likeness (QED) is 0.188. The van der Waals surface area contributed by atoms with E-state index in [4.69, 9.17) is 19.4 Å². The molecule has 0 radical (unpaired) electrons. The van der Waals surface area contributed by atoms with Gasteiger partial charge in [0.1, 0.15) is 11.2 Å². The fourth-order valence-electron chi connectivity index (χ4n) is 7.06. The van der Waals surface area contributed by atoms with E-state index in [-0.39, 0.29) is 0 Å². The van der Waals surface area contributed by atoms with Gasteiger partial charge >= 0.3 is 0 Å². The molecule has 10 aromatic rings. The van der Waals surface area contributed by atoms with Crippen molar-refractivity contribution in [3.8, 4) is 51.0 Å². The van der Waals surface area contributed by atoms with E-state index < -0.39 is 0 Å². The Hall–Kier alpha value is -6.85. The van der Waals surface area contributed by atoms with Crippen LogP contribution < -0.4 is 0 Å². The summed E-state index contributed by atoms with van der Waals surface area (Å²) < 4.78 is 8.82. The Bertz CT molecular complexity index is 2840. The molecule has 5 heteroatoms. The highest BCUT2D eigenvalue weighted by Crippen LogP contribution is 2.41. The number of rotatable bonds is 5. The lowest BCUT2D eigenvalue weighted by Gasteiger charge is -2.11. The van der Waals surface area contributed by atoms with E-state index in [1.807, 2.05) is 42.5 Å². The Labute approximate surface area is 287 Å². The maximum Gasteiger partial charge on any atom is 0.238 e. The first-order valence-corrected chi connectivity index (χ1v) is 16.7. The van der Waals surface area contributed by atoms with Crippen LogP contribution in [0.5, 0.6) is 0 Å². The lowest BCUT2D eigenvalue weighted by molar-refractivity contribution is 0.673. The van der Waals surface area contributed by atoms with Crippen LogP contribution in [0, 0.1) is 0 Å². The molecule has 0 saturated heterocycles. The number of para-hydroxylation sites is 1. The zero-order valence-corrected chi connectivity index (χ0v) is 26.9. The number of furan rings is 1. The summed E-state index contributed by atoms with van der Waals surface area (Å²) >= 11 is 0. The van der Waals surface area contributed by atoms with Gasteiger partial charge in [0.05, 0.1) is 16.4 Å². The molecular formula is C45H28N4O. The van der Waals surface area contributed by atoms with Crippen molar-refractivity contribution >= 4 is 43.7 Å². The van der Waals surface area contributed by atoms with Gasteiger partial charge in [0, 0.05) is 27.3 Å². The van der Waals surface area contributed by atoms with Gasteiger partial charge < -0.3 is 4.42 Å². The molecule has 0 aliphatic rings. The highest BCUT2D eigenvalue weighted by atomic mass is 16.3. The normalized spacial score (nSPS) is 11.6. The van der Waals surface area contributed by atoms with Crippen LogP contribution in [0.4, 0.5) is 0 Å². The topological polar surface area (TPSA) is 56.7 Å². The first-order chi connectivity index (χ1) is 24.8. The predicted molar refractivity (Wildman–Crippen MR) is 203 cm³/mol. The summed E-state index contributed by atoms with van der Waals surface area (Å²) in [5, 5.41) is 4.28. The van der Waals surface area contributed by atoms with Crippen LogP contribution >= 0.6 is 0 Å². The highest BCUT2D eigenvalue weighted by molar-refractivity contribution is 6.24. The third kappa shape index (κ3) is 4.60. The average molecular weight is 641 g/mol. The van der Waals surface area contributed by atoms with E-state index in [9.17, 15) is 0 Å². The van der Waals surface area contributed by atoms with Gasteiger partial charge in [-0.1, -0.05) is 140 Å². The predicted octanol–water partition coefficient (Wildman–Crippen LogP) is 11.5. The van der Waals surface area contributed by atoms with Gasteiger partial charge in [-0.25, -0.2) is 4.98 Å². The molecule has 0 saturated carbocycles. The molecule has 5 nitrogen and oxygen atoms in total. The first kappa shape index (κ1) is 28.2. The molecule has 10 rings (SSSR count). The maximum absolute atomic E-state index is 6.68. The Morgan fingerprint density at radius 1 is 0.380 bits per heavy atom. The average Bonchev–Trinajstić information content (AvgIpc) is 3.74. The minimum absolute atomic E-state index is 0.550. The van der Waals surface area contributed by atoms with Crippen LogP contribution in [0.15, 0.2) is 174 Å². The van der Waals surface area contributed by atoms with Gasteiger partial charge in [-0.15, -0.1) is 0 Å². The fourth-order valence-corrected chi connectivity index (χ4v) is 7.06. The Balaban J connectivity index is 1.20. The van der Waals surface area contributed by atoms with Crippen molar-refractivity contribution in [1.82, 2.24) is 19.5 Å². The fraction of sp³-hybridized carbons (Fsp3) is 0. The minimum Gasteiger partial charge on any atom is -0.455 e. The Morgan fingerprint density at radius 2 is 0.920 bits per heavy atom. The summed E-state index contributed by atoms with van der Waals surface area (Å²) in [4.78, 5) is 15.3. The third-order valence-electron chi connectivity index (χ3n) is 9.49. The summed E-state index contributed by atoms with van der Waals surface area (Å²) in [6, 6.07) is 58.5. The summed E-state index contributed by atoms with van der Waals surface area (Å²) in [5.74, 6) is 1.77. The van der Waals surface area contributed by atoms with Crippen LogP contribution in [-0.2, 0) is 0 Å². The molecule has 50 heavy (non-hydrogen) atoms. The molecule has 0 aliphatic carbocycles. The van der Waals surface area contributed by atoms with Crippen molar-refractivity contribution in [3.05, 3.63) is 170 Å². The second kappa shape index (κ2) is 11.4. The molecule has 7 aromatic carbocycles. The van der Waals surface area contributed by atoms with Gasteiger partial charge in [-0.3, -0.25) is 4.57 Å². The molecule has 0 spiro atoms. The molecule has 3 heterocycles. The molecule has 3 aromatic heterocycles. The number of benzene rings is 7. The van der Waals surface area contributed by atoms with Crippen LogP contribution in [0.1, 0.15) is 0 Å². The third-order valence-corrected chi connectivity index (χ3v) is 9.49. The number of nitrogens with zero attached hydrogens (tertiary/aromatic N) is 4. The van der Waals surface area contributed by atoms with E-state index >= 15 is 0 Å². The zero-order chi connectivity index (χ0) is 33.0. The largest absolute Gasteiger partial charge is 0.455 e. The number of aromatic nitrogens is 4. The number of fused-ring (bicyclic) bond motifs is 7. The highest BCUT2D eigenvalue weighted by Gasteiger charge is 2.21. The lowest BCUT2D eigenvalue weighted by Crippen LogP contribution is -2.06. The van der Waals surface area contributed by atoms with Crippen molar-refractivity contribution in [2.45, 2.75) is 0 Å². The molecule has 0 amide bonds. The van der Waals surface area contributed by atoms with E-state index in [1.54, 1.807) is 0 Å². The van der Waals surface area contributed by atoms with Crippen LogP contribution in [0.3, 0.4) is 0 Å². The van der Waals surface area contributed by atoms with E-state index in [2.05, 4.69) is 132 Å². The Kier molecular flexibility index (Phi) is 6.42. The van der Waals surface area contributed by atoms with Crippen molar-refractivity contribution in [2.24, 2.45) is 0 Å². The molecular weight excluding hydrogens is 613 g/mol. The smallest absolute Gasteiger partial charge is 0.238 e. The van der Waals surface area contributed by atoms with E-state index in [0.29, 0.717) is 17.6 Å². The molecule has 0 fully saturated rings. The minimum atomic E-state index is 0.550. The second-order valence-corrected chi connectivity index (χ2v) is 12.5. The lowest BCUT2D eigenvalue weighted by atomic mass is 10.0. The molecule has 0 N–H and O–H groups in total. The van der Waals surface area contributed by atoms with Crippen LogP contribution in [0.2, 0.25) is 0 Å². The van der Waals surface area contributed by atoms with Crippen molar-refractivity contribution < 1.29 is 4.42 Å². The van der Waals surface area contributed by atoms with E-state index in [0.717, 1.165) is 66.0 Å². The monoisotopic (exact) mass is 640 g/mol. The van der Waals surface area contributed by atoms with Crippen LogP contribution in [-0.4, -0.2) is 19.5 Å². The summed E-state index contributed by atoms with van der Waals surface area (Å²) in [6.45, 7) is 0. The molecule has 0 bridgehead atoms. The van der Waals surface area contributed by atoms with Crippen molar-refractivity contribution in [2.75, 3.05) is 0 Å². The number of hydrogen-bond donors (Lipinski definition) is 0. The summed E-state index contributed by atoms with van der Waals surface area (Å²) in [6.07, 6.45) is 0. The zero-order valence-electron chi connectivity index (χ0n) is 26.9. The number of hydrogen-bond acceptors (Lipinski definition) is 4. The first-order valence-electron chi connectivity index (χ1n) is 16.7. The standard InChI is InChI=1S/C45H28N4O/c1-4-12-29(13-5-1)31-20-22-33(23-21-31)44-46-43(32-16-8-3-9-17-32)47-45(48-44)49-38-19-11-10-18-36(38)41-39(49)26-25-35-37-28-34(30-14-6-2-7-15-30)24-27-40(37)50-42(35)41/h1-28H. The second-order valence-electron chi connectivity index (χ2n) is 12.5. The van der Waals surface area contributed by atoms with Gasteiger partial charge in [-0.2, -0.15) is 9.97 Å². The van der Waals surface area contributed by atoms with E-state index in [1.165, 1.54) is 11.1 Å². The van der Waals surface area contributed by atoms with Gasteiger partial charge in [0.2, 0.25) is 5.95 Å². The summed E-state index contributed by atoms with van der Waals surface area (Å²) in [7, 11) is 0. The molecule has 0 unspecified atom stereocenters. The van der Waals surface area contributed by atoms with Gasteiger partial charge in [0.25, 0.3) is 0 Å². The summed E-state index contributed by atoms with van der Waals surface area (Å²) in [5.41, 5.74) is 10.2.